The van der Waals surface area contributed by atoms with Gasteiger partial charge in [-0.05, 0) is 35.9 Å². The third-order valence-corrected chi connectivity index (χ3v) is 8.14. The van der Waals surface area contributed by atoms with Crippen LogP contribution in [0.4, 0.5) is 0 Å². The molecule has 3 aromatic rings. The second kappa shape index (κ2) is 12.0. The fraction of sp³-hybridized carbons (Fsp3) is 0.286. The van der Waals surface area contributed by atoms with Crippen molar-refractivity contribution >= 4 is 21.7 Å². The molecule has 8 nitrogen and oxygen atoms in total. The molecule has 9 heteroatoms. The van der Waals surface area contributed by atoms with Gasteiger partial charge in [-0.2, -0.15) is 0 Å². The Hall–Kier alpha value is -3.69. The molecule has 1 saturated heterocycles. The lowest BCUT2D eigenvalue weighted by atomic mass is 10.1. The molecule has 1 unspecified atom stereocenters. The van der Waals surface area contributed by atoms with Crippen LogP contribution in [0.5, 0.6) is 5.75 Å². The van der Waals surface area contributed by atoms with Gasteiger partial charge < -0.3 is 15.0 Å². The van der Waals surface area contributed by atoms with Gasteiger partial charge in [0.05, 0.1) is 17.8 Å². The van der Waals surface area contributed by atoms with Crippen molar-refractivity contribution in [3.8, 4) is 5.75 Å². The van der Waals surface area contributed by atoms with Crippen LogP contribution in [-0.4, -0.2) is 75.1 Å². The molecule has 1 atom stereocenters. The summed E-state index contributed by atoms with van der Waals surface area (Å²) in [5.74, 6) is -0.0640. The molecular formula is C28H31N3O5S. The van der Waals surface area contributed by atoms with Crippen LogP contribution in [0.15, 0.2) is 89.8 Å². The Kier molecular flexibility index (Phi) is 8.58. The van der Waals surface area contributed by atoms with Gasteiger partial charge >= 0.3 is 0 Å². The van der Waals surface area contributed by atoms with Gasteiger partial charge in [0.25, 0.3) is 5.91 Å². The SMILES string of the molecule is COc1cccc(C(=O)N2CCN(CCS(=O)(=O)c3ccccc3)CC2C(=O)NCc2ccccc2)c1. The van der Waals surface area contributed by atoms with Crippen molar-refractivity contribution < 1.29 is 22.7 Å². The average molecular weight is 522 g/mol. The Morgan fingerprint density at radius 2 is 1.65 bits per heavy atom. The Balaban J connectivity index is 1.49. The summed E-state index contributed by atoms with van der Waals surface area (Å²) < 4.78 is 30.8. The smallest absolute Gasteiger partial charge is 0.254 e. The summed E-state index contributed by atoms with van der Waals surface area (Å²) in [4.78, 5) is 30.6. The Morgan fingerprint density at radius 1 is 0.946 bits per heavy atom. The number of carbonyl (C=O) groups excluding carboxylic acids is 2. The van der Waals surface area contributed by atoms with Crippen molar-refractivity contribution in [2.75, 3.05) is 39.0 Å². The van der Waals surface area contributed by atoms with Gasteiger partial charge in [0.1, 0.15) is 11.8 Å². The summed E-state index contributed by atoms with van der Waals surface area (Å²) in [5.41, 5.74) is 1.38. The fourth-order valence-electron chi connectivity index (χ4n) is 4.33. The highest BCUT2D eigenvalue weighted by molar-refractivity contribution is 7.91. The Morgan fingerprint density at radius 3 is 2.35 bits per heavy atom. The average Bonchev–Trinajstić information content (AvgIpc) is 2.95. The Labute approximate surface area is 217 Å². The molecule has 1 heterocycles. The molecule has 0 bridgehead atoms. The zero-order chi connectivity index (χ0) is 26.3. The van der Waals surface area contributed by atoms with Gasteiger partial charge in [0, 0.05) is 38.3 Å². The maximum absolute atomic E-state index is 13.4. The van der Waals surface area contributed by atoms with Gasteiger partial charge in [0.2, 0.25) is 5.91 Å². The Bertz CT molecular complexity index is 1320. The minimum absolute atomic E-state index is 0.0702. The number of nitrogens with zero attached hydrogens (tertiary/aromatic N) is 2. The highest BCUT2D eigenvalue weighted by Gasteiger charge is 2.36. The van der Waals surface area contributed by atoms with E-state index >= 15 is 0 Å². The minimum atomic E-state index is -3.46. The standard InChI is InChI=1S/C28H31N3O5S/c1-36-24-12-8-11-23(19-24)28(33)31-16-15-30(17-18-37(34,35)25-13-6-3-7-14-25)21-26(31)27(32)29-20-22-9-4-2-5-10-22/h2-14,19,26H,15-18,20-21H2,1H3,(H,29,32). The second-order valence-corrected chi connectivity index (χ2v) is 11.0. The topological polar surface area (TPSA) is 96.0 Å². The number of carbonyl (C=O) groups is 2. The van der Waals surface area contributed by atoms with E-state index in [4.69, 9.17) is 4.74 Å². The van der Waals surface area contributed by atoms with E-state index in [0.717, 1.165) is 5.56 Å². The van der Waals surface area contributed by atoms with E-state index in [1.165, 1.54) is 7.11 Å². The number of hydrogen-bond acceptors (Lipinski definition) is 6. The van der Waals surface area contributed by atoms with E-state index in [-0.39, 0.29) is 35.6 Å². The lowest BCUT2D eigenvalue weighted by Crippen LogP contribution is -2.60. The molecule has 1 aliphatic heterocycles. The number of nitrogens with one attached hydrogen (secondary N) is 1. The molecule has 1 aliphatic rings. The summed E-state index contributed by atoms with van der Waals surface area (Å²) in [5, 5.41) is 2.94. The van der Waals surface area contributed by atoms with Gasteiger partial charge in [-0.15, -0.1) is 0 Å². The van der Waals surface area contributed by atoms with Crippen LogP contribution in [0.3, 0.4) is 0 Å². The maximum Gasteiger partial charge on any atom is 0.254 e. The predicted molar refractivity (Wildman–Crippen MR) is 141 cm³/mol. The van der Waals surface area contributed by atoms with Crippen molar-refractivity contribution in [3.63, 3.8) is 0 Å². The van der Waals surface area contributed by atoms with Gasteiger partial charge in [0.15, 0.2) is 9.84 Å². The van der Waals surface area contributed by atoms with E-state index in [2.05, 4.69) is 5.32 Å². The maximum atomic E-state index is 13.4. The summed E-state index contributed by atoms with van der Waals surface area (Å²) in [6, 6.07) is 23.9. The van der Waals surface area contributed by atoms with E-state index in [9.17, 15) is 18.0 Å². The number of rotatable bonds is 9. The number of methoxy groups -OCH3 is 1. The first-order valence-electron chi connectivity index (χ1n) is 12.1. The van der Waals surface area contributed by atoms with Crippen molar-refractivity contribution in [2.24, 2.45) is 0 Å². The molecule has 0 spiro atoms. The van der Waals surface area contributed by atoms with Crippen LogP contribution in [0.25, 0.3) is 0 Å². The van der Waals surface area contributed by atoms with Crippen LogP contribution >= 0.6 is 0 Å². The normalized spacial score (nSPS) is 16.2. The number of piperazine rings is 1. The minimum Gasteiger partial charge on any atom is -0.497 e. The summed E-state index contributed by atoms with van der Waals surface area (Å²) >= 11 is 0. The lowest BCUT2D eigenvalue weighted by Gasteiger charge is -2.40. The van der Waals surface area contributed by atoms with E-state index in [1.807, 2.05) is 35.2 Å². The molecule has 1 fully saturated rings. The lowest BCUT2D eigenvalue weighted by molar-refractivity contribution is -0.127. The molecule has 4 rings (SSSR count). The largest absolute Gasteiger partial charge is 0.497 e. The van der Waals surface area contributed by atoms with E-state index in [0.29, 0.717) is 30.9 Å². The quantitative estimate of drug-likeness (QED) is 0.465. The van der Waals surface area contributed by atoms with Crippen molar-refractivity contribution in [1.82, 2.24) is 15.1 Å². The number of ether oxygens (including phenoxy) is 1. The number of hydrogen-bond donors (Lipinski definition) is 1. The van der Waals surface area contributed by atoms with Crippen LogP contribution in [0.1, 0.15) is 15.9 Å². The predicted octanol–water partition coefficient (Wildman–Crippen LogP) is 2.61. The second-order valence-electron chi connectivity index (χ2n) is 8.88. The first kappa shape index (κ1) is 26.4. The van der Waals surface area contributed by atoms with Crippen LogP contribution < -0.4 is 10.1 Å². The van der Waals surface area contributed by atoms with Crippen LogP contribution in [0.2, 0.25) is 0 Å². The third kappa shape index (κ3) is 6.75. The van der Waals surface area contributed by atoms with Crippen LogP contribution in [-0.2, 0) is 21.2 Å². The first-order valence-corrected chi connectivity index (χ1v) is 13.8. The zero-order valence-electron chi connectivity index (χ0n) is 20.7. The van der Waals surface area contributed by atoms with Gasteiger partial charge in [-0.3, -0.25) is 14.5 Å². The van der Waals surface area contributed by atoms with Crippen LogP contribution in [0, 0.1) is 0 Å². The molecule has 1 N–H and O–H groups in total. The van der Waals surface area contributed by atoms with E-state index in [1.54, 1.807) is 59.5 Å². The summed E-state index contributed by atoms with van der Waals surface area (Å²) in [6.45, 7) is 1.59. The molecule has 0 radical (unpaired) electrons. The number of benzene rings is 3. The molecule has 0 aliphatic carbocycles. The van der Waals surface area contributed by atoms with Gasteiger partial charge in [-0.1, -0.05) is 54.6 Å². The van der Waals surface area contributed by atoms with E-state index < -0.39 is 15.9 Å². The molecule has 0 saturated carbocycles. The van der Waals surface area contributed by atoms with Crippen molar-refractivity contribution in [2.45, 2.75) is 17.5 Å². The van der Waals surface area contributed by atoms with Crippen molar-refractivity contribution in [3.05, 3.63) is 96.1 Å². The molecule has 194 valence electrons. The first-order chi connectivity index (χ1) is 17.9. The number of amides is 2. The zero-order valence-corrected chi connectivity index (χ0v) is 21.6. The monoisotopic (exact) mass is 521 g/mol. The molecular weight excluding hydrogens is 490 g/mol. The third-order valence-electron chi connectivity index (χ3n) is 6.43. The molecule has 2 amide bonds. The van der Waals surface area contributed by atoms with Gasteiger partial charge in [-0.25, -0.2) is 8.42 Å². The van der Waals surface area contributed by atoms with Crippen molar-refractivity contribution in [1.29, 1.82) is 0 Å². The summed E-state index contributed by atoms with van der Waals surface area (Å²) in [6.07, 6.45) is 0. The number of sulfone groups is 1. The highest BCUT2D eigenvalue weighted by atomic mass is 32.2. The summed E-state index contributed by atoms with van der Waals surface area (Å²) in [7, 11) is -1.93. The highest BCUT2D eigenvalue weighted by Crippen LogP contribution is 2.19. The molecule has 3 aromatic carbocycles. The molecule has 37 heavy (non-hydrogen) atoms. The fourth-order valence-corrected chi connectivity index (χ4v) is 5.64. The molecule has 0 aromatic heterocycles.